The van der Waals surface area contributed by atoms with E-state index in [2.05, 4.69) is 20.8 Å². The summed E-state index contributed by atoms with van der Waals surface area (Å²) in [5.41, 5.74) is 1.74. The van der Waals surface area contributed by atoms with Gasteiger partial charge in [-0.1, -0.05) is 31.1 Å². The lowest BCUT2D eigenvalue weighted by atomic mass is 10.1. The van der Waals surface area contributed by atoms with E-state index in [0.29, 0.717) is 37.3 Å². The maximum Gasteiger partial charge on any atom is 0.422 e. The number of benzene rings is 1. The first-order chi connectivity index (χ1) is 13.3. The van der Waals surface area contributed by atoms with Gasteiger partial charge in [-0.2, -0.15) is 13.2 Å². The minimum Gasteiger partial charge on any atom is -0.484 e. The average Bonchev–Trinajstić information content (AvgIpc) is 3.12. The van der Waals surface area contributed by atoms with E-state index in [1.807, 2.05) is 26.8 Å². The van der Waals surface area contributed by atoms with E-state index in [1.165, 1.54) is 12.1 Å². The summed E-state index contributed by atoms with van der Waals surface area (Å²) in [5.74, 6) is 1.77. The first-order valence-corrected chi connectivity index (χ1v) is 9.03. The molecule has 2 rings (SSSR count). The van der Waals surface area contributed by atoms with Crippen molar-refractivity contribution in [3.8, 4) is 5.75 Å². The number of nitrogens with zero attached hydrogens (tertiary/aromatic N) is 2. The van der Waals surface area contributed by atoms with Gasteiger partial charge in [0.15, 0.2) is 18.3 Å². The van der Waals surface area contributed by atoms with Gasteiger partial charge in [0.2, 0.25) is 0 Å². The van der Waals surface area contributed by atoms with Gasteiger partial charge < -0.3 is 19.9 Å². The van der Waals surface area contributed by atoms with Crippen LogP contribution in [0.3, 0.4) is 0 Å². The fourth-order valence-corrected chi connectivity index (χ4v) is 2.22. The van der Waals surface area contributed by atoms with Crippen molar-refractivity contribution in [3.63, 3.8) is 0 Å². The van der Waals surface area contributed by atoms with E-state index in [9.17, 15) is 13.2 Å². The second-order valence-electron chi connectivity index (χ2n) is 6.47. The predicted octanol–water partition coefficient (Wildman–Crippen LogP) is 3.99. The summed E-state index contributed by atoms with van der Waals surface area (Å²) in [6.07, 6.45) is -4.35. The lowest BCUT2D eigenvalue weighted by molar-refractivity contribution is -0.153. The number of guanidine groups is 1. The molecule has 0 spiro atoms. The molecule has 2 aromatic rings. The Labute approximate surface area is 162 Å². The molecule has 154 valence electrons. The highest BCUT2D eigenvalue weighted by atomic mass is 19.4. The normalized spacial score (nSPS) is 12.3. The molecule has 0 bridgehead atoms. The zero-order chi connectivity index (χ0) is 20.6. The van der Waals surface area contributed by atoms with Crippen molar-refractivity contribution in [2.75, 3.05) is 13.2 Å². The fourth-order valence-electron chi connectivity index (χ4n) is 2.22. The number of ether oxygens (including phenoxy) is 1. The zero-order valence-electron chi connectivity index (χ0n) is 16.1. The van der Waals surface area contributed by atoms with Crippen LogP contribution in [0.15, 0.2) is 39.8 Å². The molecule has 0 unspecified atom stereocenters. The molecular weight excluding hydrogens is 373 g/mol. The van der Waals surface area contributed by atoms with E-state index in [4.69, 9.17) is 9.26 Å². The van der Waals surface area contributed by atoms with Crippen molar-refractivity contribution >= 4 is 5.96 Å². The molecule has 1 aromatic heterocycles. The van der Waals surface area contributed by atoms with Crippen molar-refractivity contribution in [1.29, 1.82) is 0 Å². The van der Waals surface area contributed by atoms with Crippen LogP contribution in [0.25, 0.3) is 0 Å². The standard InChI is InChI=1S/C19H25F3N4O2/c1-4-23-18(25-11-16-9-17(13(2)3)26-28-16)24-10-14-5-7-15(8-6-14)27-12-19(20,21)22/h5-9,13H,4,10-12H2,1-3H3,(H2,23,24,25). The van der Waals surface area contributed by atoms with Gasteiger partial charge in [-0.15, -0.1) is 0 Å². The predicted molar refractivity (Wildman–Crippen MR) is 100 cm³/mol. The molecule has 0 atom stereocenters. The van der Waals surface area contributed by atoms with Crippen molar-refractivity contribution in [1.82, 2.24) is 15.8 Å². The summed E-state index contributed by atoms with van der Waals surface area (Å²) in [5, 5.41) is 10.3. The molecule has 0 aliphatic rings. The number of rotatable bonds is 8. The quantitative estimate of drug-likeness (QED) is 0.520. The van der Waals surface area contributed by atoms with Gasteiger partial charge in [0.1, 0.15) is 5.75 Å². The first kappa shape index (κ1) is 21.6. The Hall–Kier alpha value is -2.71. The maximum absolute atomic E-state index is 12.2. The molecular formula is C19H25F3N4O2. The van der Waals surface area contributed by atoms with Gasteiger partial charge in [0, 0.05) is 12.6 Å². The highest BCUT2D eigenvalue weighted by molar-refractivity contribution is 5.79. The van der Waals surface area contributed by atoms with Crippen molar-refractivity contribution < 1.29 is 22.4 Å². The Morgan fingerprint density at radius 2 is 1.93 bits per heavy atom. The largest absolute Gasteiger partial charge is 0.484 e. The summed E-state index contributed by atoms with van der Waals surface area (Å²) >= 11 is 0. The van der Waals surface area contributed by atoms with Crippen LogP contribution in [0.2, 0.25) is 0 Å². The Morgan fingerprint density at radius 1 is 1.21 bits per heavy atom. The number of aliphatic imine (C=N–C) groups is 1. The molecule has 1 aromatic carbocycles. The van der Waals surface area contributed by atoms with Gasteiger partial charge >= 0.3 is 6.18 Å². The van der Waals surface area contributed by atoms with Crippen LogP contribution in [0.4, 0.5) is 13.2 Å². The number of halogens is 3. The molecule has 28 heavy (non-hydrogen) atoms. The summed E-state index contributed by atoms with van der Waals surface area (Å²) < 4.78 is 46.5. The van der Waals surface area contributed by atoms with Gasteiger partial charge in [-0.25, -0.2) is 4.99 Å². The Balaban J connectivity index is 1.90. The van der Waals surface area contributed by atoms with E-state index in [0.717, 1.165) is 11.3 Å². The van der Waals surface area contributed by atoms with Crippen LogP contribution in [0.5, 0.6) is 5.75 Å². The SMILES string of the molecule is CCNC(=NCc1ccc(OCC(F)(F)F)cc1)NCc1cc(C(C)C)no1. The van der Waals surface area contributed by atoms with E-state index >= 15 is 0 Å². The van der Waals surface area contributed by atoms with Crippen molar-refractivity contribution in [2.45, 2.75) is 46.0 Å². The van der Waals surface area contributed by atoms with Crippen LogP contribution < -0.4 is 15.4 Å². The van der Waals surface area contributed by atoms with Gasteiger partial charge in [0.05, 0.1) is 18.8 Å². The summed E-state index contributed by atoms with van der Waals surface area (Å²) in [6.45, 7) is 6.22. The van der Waals surface area contributed by atoms with Crippen molar-refractivity contribution in [2.24, 2.45) is 4.99 Å². The minimum absolute atomic E-state index is 0.168. The third-order valence-electron chi connectivity index (χ3n) is 3.69. The molecule has 0 aliphatic heterocycles. The maximum atomic E-state index is 12.2. The summed E-state index contributed by atoms with van der Waals surface area (Å²) in [7, 11) is 0. The molecule has 0 amide bonds. The second kappa shape index (κ2) is 10.0. The van der Waals surface area contributed by atoms with Crippen molar-refractivity contribution in [3.05, 3.63) is 47.3 Å². The third kappa shape index (κ3) is 7.50. The molecule has 0 saturated carbocycles. The molecule has 0 saturated heterocycles. The Morgan fingerprint density at radius 3 is 2.50 bits per heavy atom. The molecule has 0 aliphatic carbocycles. The molecule has 2 N–H and O–H groups in total. The zero-order valence-corrected chi connectivity index (χ0v) is 16.1. The van der Waals surface area contributed by atoms with E-state index in [-0.39, 0.29) is 5.75 Å². The van der Waals surface area contributed by atoms with Gasteiger partial charge in [-0.05, 0) is 30.5 Å². The van der Waals surface area contributed by atoms with Crippen LogP contribution >= 0.6 is 0 Å². The number of hydrogen-bond donors (Lipinski definition) is 2. The van der Waals surface area contributed by atoms with Crippen LogP contribution in [0, 0.1) is 0 Å². The number of nitrogens with one attached hydrogen (secondary N) is 2. The van der Waals surface area contributed by atoms with Gasteiger partial charge in [-0.3, -0.25) is 0 Å². The fraction of sp³-hybridized carbons (Fsp3) is 0.474. The summed E-state index contributed by atoms with van der Waals surface area (Å²) in [6, 6.07) is 8.27. The lowest BCUT2D eigenvalue weighted by Gasteiger charge is -2.11. The molecule has 0 radical (unpaired) electrons. The molecule has 6 nitrogen and oxygen atoms in total. The topological polar surface area (TPSA) is 71.7 Å². The first-order valence-electron chi connectivity index (χ1n) is 9.03. The molecule has 9 heteroatoms. The van der Waals surface area contributed by atoms with Crippen LogP contribution in [0.1, 0.15) is 43.7 Å². The minimum atomic E-state index is -4.35. The lowest BCUT2D eigenvalue weighted by Crippen LogP contribution is -2.36. The smallest absolute Gasteiger partial charge is 0.422 e. The van der Waals surface area contributed by atoms with Crippen LogP contribution in [-0.2, 0) is 13.1 Å². The van der Waals surface area contributed by atoms with E-state index < -0.39 is 12.8 Å². The van der Waals surface area contributed by atoms with Gasteiger partial charge in [0.25, 0.3) is 0 Å². The number of aromatic nitrogens is 1. The molecule has 1 heterocycles. The highest BCUT2D eigenvalue weighted by Gasteiger charge is 2.28. The Bertz CT molecular complexity index is 755. The third-order valence-corrected chi connectivity index (χ3v) is 3.69. The monoisotopic (exact) mass is 398 g/mol. The van der Waals surface area contributed by atoms with Crippen LogP contribution in [-0.4, -0.2) is 30.4 Å². The molecule has 0 fully saturated rings. The Kier molecular flexibility index (Phi) is 7.71. The number of alkyl halides is 3. The van der Waals surface area contributed by atoms with E-state index in [1.54, 1.807) is 12.1 Å². The summed E-state index contributed by atoms with van der Waals surface area (Å²) in [4.78, 5) is 4.47. The average molecular weight is 398 g/mol. The second-order valence-corrected chi connectivity index (χ2v) is 6.47. The number of hydrogen-bond acceptors (Lipinski definition) is 4. The highest BCUT2D eigenvalue weighted by Crippen LogP contribution is 2.19.